The molecule has 0 aromatic carbocycles. The Hall–Kier alpha value is -1.43. The maximum absolute atomic E-state index is 11.2. The molecule has 88 valence electrons. The number of ketones is 1. The summed E-state index contributed by atoms with van der Waals surface area (Å²) < 4.78 is 0. The first-order valence-electron chi connectivity index (χ1n) is 5.05. The fourth-order valence-corrected chi connectivity index (χ4v) is 2.56. The van der Waals surface area contributed by atoms with E-state index in [1.807, 2.05) is 18.7 Å². The molecule has 5 nitrogen and oxygen atoms in total. The van der Waals surface area contributed by atoms with Crippen LogP contribution in [-0.4, -0.2) is 23.8 Å². The minimum atomic E-state index is -0.434. The fraction of sp³-hybridized carbons (Fsp3) is 0.500. The molecule has 6 heteroatoms. The Balaban J connectivity index is 3.24. The summed E-state index contributed by atoms with van der Waals surface area (Å²) in [6.07, 6.45) is 0. The third-order valence-corrected chi connectivity index (χ3v) is 3.57. The highest BCUT2D eigenvalue weighted by Gasteiger charge is 2.23. The van der Waals surface area contributed by atoms with Crippen LogP contribution in [0.15, 0.2) is 6.07 Å². The summed E-state index contributed by atoms with van der Waals surface area (Å²) in [5.74, 6) is -0.133. The van der Waals surface area contributed by atoms with Crippen molar-refractivity contribution in [1.29, 1.82) is 0 Å². The Labute approximate surface area is 97.8 Å². The molecule has 0 amide bonds. The summed E-state index contributed by atoms with van der Waals surface area (Å²) in [6, 6.07) is 1.36. The lowest BCUT2D eigenvalue weighted by Crippen LogP contribution is -2.21. The first-order valence-corrected chi connectivity index (χ1v) is 5.87. The number of carbonyl (C=O) groups is 1. The summed E-state index contributed by atoms with van der Waals surface area (Å²) >= 11 is 1.19. The molecule has 0 saturated carbocycles. The number of nitro groups is 1. The van der Waals surface area contributed by atoms with Crippen LogP contribution in [0.2, 0.25) is 0 Å². The number of hydrogen-bond acceptors (Lipinski definition) is 5. The van der Waals surface area contributed by atoms with E-state index in [9.17, 15) is 14.9 Å². The van der Waals surface area contributed by atoms with Gasteiger partial charge in [-0.25, -0.2) is 0 Å². The molecule has 0 atom stereocenters. The van der Waals surface area contributed by atoms with E-state index in [0.29, 0.717) is 23.0 Å². The third-order valence-electron chi connectivity index (χ3n) is 2.29. The lowest BCUT2D eigenvalue weighted by Gasteiger charge is -2.17. The predicted molar refractivity (Wildman–Crippen MR) is 64.5 cm³/mol. The summed E-state index contributed by atoms with van der Waals surface area (Å²) in [7, 11) is 0. The molecular formula is C10H14N2O3S. The van der Waals surface area contributed by atoms with Crippen molar-refractivity contribution in [2.45, 2.75) is 20.8 Å². The smallest absolute Gasteiger partial charge is 0.304 e. The van der Waals surface area contributed by atoms with Gasteiger partial charge in [-0.3, -0.25) is 14.9 Å². The van der Waals surface area contributed by atoms with E-state index in [4.69, 9.17) is 0 Å². The van der Waals surface area contributed by atoms with E-state index in [1.165, 1.54) is 24.3 Å². The highest BCUT2D eigenvalue weighted by atomic mass is 32.1. The molecule has 1 heterocycles. The third kappa shape index (κ3) is 2.38. The zero-order valence-electron chi connectivity index (χ0n) is 9.52. The van der Waals surface area contributed by atoms with Crippen LogP contribution in [0.5, 0.6) is 0 Å². The molecular weight excluding hydrogens is 228 g/mol. The second-order valence-electron chi connectivity index (χ2n) is 3.29. The van der Waals surface area contributed by atoms with Crippen LogP contribution >= 0.6 is 11.3 Å². The molecule has 0 aliphatic heterocycles. The highest BCUT2D eigenvalue weighted by molar-refractivity contribution is 7.18. The maximum atomic E-state index is 11.2. The molecule has 0 spiro atoms. The first kappa shape index (κ1) is 12.6. The van der Waals surface area contributed by atoms with E-state index in [1.54, 1.807) is 0 Å². The normalized spacial score (nSPS) is 10.2. The maximum Gasteiger partial charge on any atom is 0.304 e. The minimum absolute atomic E-state index is 0.0268. The van der Waals surface area contributed by atoms with Gasteiger partial charge in [0.25, 0.3) is 0 Å². The number of hydrogen-bond donors (Lipinski definition) is 0. The topological polar surface area (TPSA) is 63.5 Å². The molecule has 1 aromatic heterocycles. The van der Waals surface area contributed by atoms with Gasteiger partial charge in [-0.1, -0.05) is 0 Å². The standard InChI is InChI=1S/C10H14N2O3S/c1-4-11(5-2)10-8(12(14)15)6-9(16-10)7(3)13/h6H,4-5H2,1-3H3. The van der Waals surface area contributed by atoms with Crippen molar-refractivity contribution >= 4 is 27.8 Å². The van der Waals surface area contributed by atoms with E-state index >= 15 is 0 Å². The second kappa shape index (κ2) is 5.07. The van der Waals surface area contributed by atoms with Crippen LogP contribution in [0.4, 0.5) is 10.7 Å². The molecule has 1 rings (SSSR count). The van der Waals surface area contributed by atoms with Crippen molar-refractivity contribution in [2.75, 3.05) is 18.0 Å². The van der Waals surface area contributed by atoms with Crippen LogP contribution in [-0.2, 0) is 0 Å². The molecule has 16 heavy (non-hydrogen) atoms. The van der Waals surface area contributed by atoms with Crippen molar-refractivity contribution in [2.24, 2.45) is 0 Å². The van der Waals surface area contributed by atoms with Crippen molar-refractivity contribution in [1.82, 2.24) is 0 Å². The Bertz CT molecular complexity index is 410. The average Bonchev–Trinajstić information content (AvgIpc) is 2.64. The zero-order valence-corrected chi connectivity index (χ0v) is 10.3. The Morgan fingerprint density at radius 3 is 2.44 bits per heavy atom. The van der Waals surface area contributed by atoms with Crippen molar-refractivity contribution in [3.8, 4) is 0 Å². The summed E-state index contributed by atoms with van der Waals surface area (Å²) in [5.41, 5.74) is 0.0268. The van der Waals surface area contributed by atoms with Gasteiger partial charge in [-0.05, 0) is 20.8 Å². The number of anilines is 1. The van der Waals surface area contributed by atoms with Crippen LogP contribution in [0.1, 0.15) is 30.4 Å². The molecule has 0 radical (unpaired) electrons. The summed E-state index contributed by atoms with van der Waals surface area (Å²) in [4.78, 5) is 24.0. The highest BCUT2D eigenvalue weighted by Crippen LogP contribution is 2.37. The largest absolute Gasteiger partial charge is 0.358 e. The summed E-state index contributed by atoms with van der Waals surface area (Å²) in [5, 5.41) is 11.4. The quantitative estimate of drug-likeness (QED) is 0.452. The molecule has 0 saturated heterocycles. The van der Waals surface area contributed by atoms with Gasteiger partial charge >= 0.3 is 5.69 Å². The van der Waals surface area contributed by atoms with Crippen molar-refractivity contribution in [3.63, 3.8) is 0 Å². The Morgan fingerprint density at radius 1 is 1.50 bits per heavy atom. The molecule has 0 aliphatic carbocycles. The lowest BCUT2D eigenvalue weighted by molar-refractivity contribution is -0.383. The van der Waals surface area contributed by atoms with Crippen LogP contribution in [0, 0.1) is 10.1 Å². The molecule has 0 N–H and O–H groups in total. The zero-order chi connectivity index (χ0) is 12.3. The van der Waals surface area contributed by atoms with Crippen molar-refractivity contribution < 1.29 is 9.72 Å². The summed E-state index contributed by atoms with van der Waals surface area (Å²) in [6.45, 7) is 6.66. The van der Waals surface area contributed by atoms with Crippen LogP contribution in [0.3, 0.4) is 0 Å². The average molecular weight is 242 g/mol. The van der Waals surface area contributed by atoms with Crippen molar-refractivity contribution in [3.05, 3.63) is 21.1 Å². The fourth-order valence-electron chi connectivity index (χ4n) is 1.41. The molecule has 1 aromatic rings. The lowest BCUT2D eigenvalue weighted by atomic mass is 10.3. The van der Waals surface area contributed by atoms with Crippen LogP contribution in [0.25, 0.3) is 0 Å². The van der Waals surface area contributed by atoms with Gasteiger partial charge in [-0.15, -0.1) is 11.3 Å². The molecule has 0 fully saturated rings. The number of Topliss-reactive ketones (excluding diaryl/α,β-unsaturated/α-hetero) is 1. The first-order chi connectivity index (χ1) is 7.51. The Kier molecular flexibility index (Phi) is 4.00. The van der Waals surface area contributed by atoms with E-state index in [-0.39, 0.29) is 11.5 Å². The van der Waals surface area contributed by atoms with E-state index in [0.717, 1.165) is 0 Å². The van der Waals surface area contributed by atoms with Gasteiger partial charge in [0.1, 0.15) is 0 Å². The van der Waals surface area contributed by atoms with E-state index < -0.39 is 4.92 Å². The molecule has 0 bridgehead atoms. The number of nitrogens with zero attached hydrogens (tertiary/aromatic N) is 2. The SMILES string of the molecule is CCN(CC)c1sc(C(C)=O)cc1[N+](=O)[O-]. The minimum Gasteiger partial charge on any atom is -0.358 e. The van der Waals surface area contributed by atoms with Gasteiger partial charge in [0.2, 0.25) is 0 Å². The number of rotatable bonds is 5. The van der Waals surface area contributed by atoms with Gasteiger partial charge in [0.05, 0.1) is 9.80 Å². The Morgan fingerprint density at radius 2 is 2.06 bits per heavy atom. The van der Waals surface area contributed by atoms with Gasteiger partial charge in [-0.2, -0.15) is 0 Å². The van der Waals surface area contributed by atoms with Gasteiger partial charge in [0, 0.05) is 19.2 Å². The van der Waals surface area contributed by atoms with E-state index in [2.05, 4.69) is 0 Å². The van der Waals surface area contributed by atoms with Crippen LogP contribution < -0.4 is 4.90 Å². The van der Waals surface area contributed by atoms with Gasteiger partial charge in [0.15, 0.2) is 10.8 Å². The van der Waals surface area contributed by atoms with Gasteiger partial charge < -0.3 is 4.90 Å². The molecule has 0 aliphatic rings. The predicted octanol–water partition coefficient (Wildman–Crippen LogP) is 2.71. The number of carbonyl (C=O) groups excluding carboxylic acids is 1. The molecule has 0 unspecified atom stereocenters. The monoisotopic (exact) mass is 242 g/mol. The number of thiophene rings is 1. The second-order valence-corrected chi connectivity index (χ2v) is 4.32.